The van der Waals surface area contributed by atoms with E-state index >= 15 is 0 Å². The lowest BCUT2D eigenvalue weighted by Gasteiger charge is -2.17. The molecule has 27 heavy (non-hydrogen) atoms. The molecule has 3 rings (SSSR count). The number of hydrogen-bond donors (Lipinski definition) is 6. The van der Waals surface area contributed by atoms with Crippen LogP contribution in [0.15, 0.2) is 17.4 Å². The van der Waals surface area contributed by atoms with Gasteiger partial charge >= 0.3 is 15.6 Å². The first kappa shape index (κ1) is 20.2. The highest BCUT2D eigenvalue weighted by Gasteiger charge is 2.46. The van der Waals surface area contributed by atoms with Gasteiger partial charge in [0.1, 0.15) is 18.3 Å². The summed E-state index contributed by atoms with van der Waals surface area (Å²) in [5.74, 6) is 0. The number of H-pyrrole nitrogens is 1. The van der Waals surface area contributed by atoms with Crippen LogP contribution in [0.1, 0.15) is 6.23 Å². The summed E-state index contributed by atoms with van der Waals surface area (Å²) >= 11 is 0. The molecular formula is C10H14N4O11P2. The lowest BCUT2D eigenvalue weighted by Crippen LogP contribution is -2.33. The number of aromatic nitrogens is 4. The number of fused-ring (bicyclic) bond motifs is 1. The number of hydrogen-bond acceptors (Lipinski definition) is 10. The molecule has 0 amide bonds. The summed E-state index contributed by atoms with van der Waals surface area (Å²) in [5, 5.41) is 20.2. The van der Waals surface area contributed by atoms with E-state index in [9.17, 15) is 29.0 Å². The second-order valence-corrected chi connectivity index (χ2v) is 8.27. The summed E-state index contributed by atoms with van der Waals surface area (Å²) in [4.78, 5) is 48.0. The quantitative estimate of drug-likeness (QED) is 0.273. The van der Waals surface area contributed by atoms with Crippen LogP contribution in [-0.2, 0) is 22.7 Å². The molecular weight excluding hydrogens is 414 g/mol. The van der Waals surface area contributed by atoms with Gasteiger partial charge in [-0.25, -0.2) is 19.1 Å². The summed E-state index contributed by atoms with van der Waals surface area (Å²) in [6, 6.07) is 0. The molecule has 6 N–H and O–H groups in total. The van der Waals surface area contributed by atoms with Crippen LogP contribution in [0.2, 0.25) is 0 Å². The van der Waals surface area contributed by atoms with Crippen LogP contribution in [0.4, 0.5) is 0 Å². The maximum atomic E-state index is 11.7. The third kappa shape index (κ3) is 4.33. The van der Waals surface area contributed by atoms with Crippen LogP contribution in [0, 0.1) is 0 Å². The maximum Gasteiger partial charge on any atom is 0.481 e. The van der Waals surface area contributed by atoms with Gasteiger partial charge in [0, 0.05) is 0 Å². The van der Waals surface area contributed by atoms with E-state index in [0.717, 1.165) is 12.7 Å². The lowest BCUT2D eigenvalue weighted by atomic mass is 10.1. The largest absolute Gasteiger partial charge is 0.481 e. The van der Waals surface area contributed by atoms with Crippen LogP contribution >= 0.6 is 15.6 Å². The molecule has 0 bridgehead atoms. The first-order valence-corrected chi connectivity index (χ1v) is 10.2. The van der Waals surface area contributed by atoms with Crippen molar-refractivity contribution in [1.29, 1.82) is 0 Å². The number of imidazole rings is 1. The van der Waals surface area contributed by atoms with Crippen molar-refractivity contribution < 1.29 is 47.6 Å². The summed E-state index contributed by atoms with van der Waals surface area (Å²) < 4.78 is 36.6. The van der Waals surface area contributed by atoms with Crippen molar-refractivity contribution >= 4 is 26.8 Å². The fourth-order valence-electron chi connectivity index (χ4n) is 2.47. The van der Waals surface area contributed by atoms with E-state index in [1.54, 1.807) is 0 Å². The third-order valence-electron chi connectivity index (χ3n) is 3.59. The number of nitrogens with zero attached hydrogens (tertiary/aromatic N) is 3. The SMILES string of the molecule is O=c1[nH]cnc2c1ncn2[C@@H]1O[C@@H](COP(=O)(O)OP(=O)(O)O)[C@H](O)[C@H]1O. The fourth-order valence-corrected chi connectivity index (χ4v) is 4.07. The number of nitrogens with one attached hydrogen (secondary N) is 1. The summed E-state index contributed by atoms with van der Waals surface area (Å²) in [7, 11) is -10.5. The maximum absolute atomic E-state index is 11.7. The molecule has 0 saturated carbocycles. The Morgan fingerprint density at radius 2 is 1.93 bits per heavy atom. The number of phosphoric ester groups is 1. The van der Waals surface area contributed by atoms with Gasteiger partial charge in [0.25, 0.3) is 5.56 Å². The molecule has 1 unspecified atom stereocenters. The highest BCUT2D eigenvalue weighted by atomic mass is 31.3. The topological polar surface area (TPSA) is 227 Å². The van der Waals surface area contributed by atoms with E-state index in [0.29, 0.717) is 0 Å². The molecule has 0 aromatic carbocycles. The van der Waals surface area contributed by atoms with Crippen molar-refractivity contribution in [3.63, 3.8) is 0 Å². The van der Waals surface area contributed by atoms with Crippen molar-refractivity contribution in [3.8, 4) is 0 Å². The number of aromatic amines is 1. The molecule has 1 saturated heterocycles. The van der Waals surface area contributed by atoms with Gasteiger partial charge < -0.3 is 34.6 Å². The van der Waals surface area contributed by atoms with Crippen molar-refractivity contribution in [2.45, 2.75) is 24.5 Å². The second kappa shape index (κ2) is 7.14. The van der Waals surface area contributed by atoms with Crippen LogP contribution in [0.25, 0.3) is 11.2 Å². The Balaban J connectivity index is 1.76. The Kier molecular flexibility index (Phi) is 5.35. The molecule has 1 aliphatic heterocycles. The number of rotatable bonds is 6. The van der Waals surface area contributed by atoms with Gasteiger partial charge in [0.15, 0.2) is 17.4 Å². The number of aliphatic hydroxyl groups excluding tert-OH is 2. The molecule has 1 aliphatic rings. The zero-order chi connectivity index (χ0) is 20.0. The number of phosphoric acid groups is 2. The van der Waals surface area contributed by atoms with Gasteiger partial charge in [-0.3, -0.25) is 13.9 Å². The first-order valence-electron chi connectivity index (χ1n) is 7.14. The summed E-state index contributed by atoms with van der Waals surface area (Å²) in [6.45, 7) is -0.844. The zero-order valence-electron chi connectivity index (χ0n) is 13.1. The Bertz CT molecular complexity index is 985. The van der Waals surface area contributed by atoms with Gasteiger partial charge in [0.2, 0.25) is 0 Å². The van der Waals surface area contributed by atoms with E-state index in [1.165, 1.54) is 4.57 Å². The van der Waals surface area contributed by atoms with E-state index in [2.05, 4.69) is 23.8 Å². The van der Waals surface area contributed by atoms with Gasteiger partial charge in [0.05, 0.1) is 19.3 Å². The van der Waals surface area contributed by atoms with Gasteiger partial charge in [-0.2, -0.15) is 4.31 Å². The average Bonchev–Trinajstić information content (AvgIpc) is 3.07. The molecule has 17 heteroatoms. The molecule has 3 heterocycles. The minimum Gasteiger partial charge on any atom is -0.387 e. The average molecular weight is 428 g/mol. The van der Waals surface area contributed by atoms with Crippen molar-refractivity contribution in [1.82, 2.24) is 19.5 Å². The fraction of sp³-hybridized carbons (Fsp3) is 0.500. The van der Waals surface area contributed by atoms with E-state index in [4.69, 9.17) is 14.5 Å². The molecule has 2 aromatic heterocycles. The van der Waals surface area contributed by atoms with E-state index < -0.39 is 52.4 Å². The lowest BCUT2D eigenvalue weighted by molar-refractivity contribution is -0.0503. The minimum absolute atomic E-state index is 0.0441. The van der Waals surface area contributed by atoms with Crippen LogP contribution in [-0.4, -0.2) is 69.3 Å². The molecule has 1 fully saturated rings. The highest BCUT2D eigenvalue weighted by molar-refractivity contribution is 7.60. The Labute approximate surface area is 149 Å². The highest BCUT2D eigenvalue weighted by Crippen LogP contribution is 2.57. The number of ether oxygens (including phenoxy) is 1. The molecule has 5 atom stereocenters. The Morgan fingerprint density at radius 1 is 1.22 bits per heavy atom. The van der Waals surface area contributed by atoms with Crippen molar-refractivity contribution in [3.05, 3.63) is 23.0 Å². The zero-order valence-corrected chi connectivity index (χ0v) is 14.9. The van der Waals surface area contributed by atoms with Crippen LogP contribution < -0.4 is 5.56 Å². The molecule has 0 radical (unpaired) electrons. The smallest absolute Gasteiger partial charge is 0.387 e. The molecule has 2 aromatic rings. The van der Waals surface area contributed by atoms with Gasteiger partial charge in [-0.15, -0.1) is 0 Å². The normalized spacial score (nSPS) is 28.5. The molecule has 150 valence electrons. The molecule has 0 spiro atoms. The third-order valence-corrected chi connectivity index (χ3v) is 5.74. The van der Waals surface area contributed by atoms with Gasteiger partial charge in [-0.1, -0.05) is 0 Å². The van der Waals surface area contributed by atoms with Crippen LogP contribution in [0.3, 0.4) is 0 Å². The monoisotopic (exact) mass is 428 g/mol. The van der Waals surface area contributed by atoms with E-state index in [-0.39, 0.29) is 11.2 Å². The Hall–Kier alpha value is -1.51. The van der Waals surface area contributed by atoms with E-state index in [1.807, 2.05) is 0 Å². The number of aliphatic hydroxyl groups is 2. The van der Waals surface area contributed by atoms with Gasteiger partial charge in [-0.05, 0) is 0 Å². The molecule has 0 aliphatic carbocycles. The summed E-state index contributed by atoms with van der Waals surface area (Å²) in [5.41, 5.74) is -0.533. The second-order valence-electron chi connectivity index (χ2n) is 5.44. The van der Waals surface area contributed by atoms with Crippen LogP contribution in [0.5, 0.6) is 0 Å². The van der Waals surface area contributed by atoms with Crippen molar-refractivity contribution in [2.24, 2.45) is 0 Å². The first-order chi connectivity index (χ1) is 12.5. The predicted molar refractivity (Wildman–Crippen MR) is 83.0 cm³/mol. The minimum atomic E-state index is -5.30. The standard InChI is InChI=1S/C10H14N4O11P2/c15-6-4(1-23-27(21,22)25-26(18,19)20)24-10(7(6)16)14-3-13-5-8(14)11-2-12-9(5)17/h2-4,6-7,10,15-16H,1H2,(H,21,22)(H,11,12,17)(H2,18,19,20)/t4-,6-,7+,10+/m0/s1. The van der Waals surface area contributed by atoms with Crippen molar-refractivity contribution in [2.75, 3.05) is 6.61 Å². The summed E-state index contributed by atoms with van der Waals surface area (Å²) in [6.07, 6.45) is -3.56. The molecule has 15 nitrogen and oxygen atoms in total. The Morgan fingerprint density at radius 3 is 2.59 bits per heavy atom. The predicted octanol–water partition coefficient (Wildman–Crippen LogP) is -2.03.